The topological polar surface area (TPSA) is 75.7 Å². The number of aromatic hydroxyl groups is 1. The predicted molar refractivity (Wildman–Crippen MR) is 78.2 cm³/mol. The molecule has 2 aromatic rings. The number of phenolic OH excluding ortho intramolecular Hbond substituents is 1. The van der Waals surface area contributed by atoms with Crippen molar-refractivity contribution in [1.82, 2.24) is 0 Å². The highest BCUT2D eigenvalue weighted by Crippen LogP contribution is 2.32. The van der Waals surface area contributed by atoms with Crippen molar-refractivity contribution >= 4 is 29.2 Å². The Hall–Kier alpha value is -2.40. The van der Waals surface area contributed by atoms with Crippen LogP contribution in [0.5, 0.6) is 5.75 Å². The van der Waals surface area contributed by atoms with Crippen molar-refractivity contribution in [2.24, 2.45) is 4.99 Å². The molecule has 5 nitrogen and oxygen atoms in total. The molecule has 20 heavy (non-hydrogen) atoms. The largest absolute Gasteiger partial charge is 0.502 e. The third-order valence-corrected chi connectivity index (χ3v) is 2.89. The standard InChI is InChI=1S/C14H11ClN2O3/c1-9-2-4-12(5-3-9)16-8-10-6-11(15)7-13(14(10)18)17(19)20/h2-8,18H,1H3. The van der Waals surface area contributed by atoms with Crippen LogP contribution >= 0.6 is 11.6 Å². The summed E-state index contributed by atoms with van der Waals surface area (Å²) in [6.45, 7) is 1.96. The molecule has 0 heterocycles. The highest BCUT2D eigenvalue weighted by Gasteiger charge is 2.17. The number of halogens is 1. The molecule has 1 N–H and O–H groups in total. The fraction of sp³-hybridized carbons (Fsp3) is 0.0714. The molecule has 0 radical (unpaired) electrons. The zero-order valence-electron chi connectivity index (χ0n) is 10.6. The molecule has 0 atom stereocenters. The number of benzene rings is 2. The van der Waals surface area contributed by atoms with Crippen molar-refractivity contribution in [2.75, 3.05) is 0 Å². The quantitative estimate of drug-likeness (QED) is 0.527. The Morgan fingerprint density at radius 1 is 1.30 bits per heavy atom. The molecule has 0 saturated heterocycles. The van der Waals surface area contributed by atoms with E-state index in [4.69, 9.17) is 11.6 Å². The molecule has 6 heteroatoms. The first kappa shape index (κ1) is 14.0. The summed E-state index contributed by atoms with van der Waals surface area (Å²) in [6.07, 6.45) is 1.35. The van der Waals surface area contributed by atoms with Crippen LogP contribution in [0.2, 0.25) is 5.02 Å². The number of aryl methyl sites for hydroxylation is 1. The van der Waals surface area contributed by atoms with Crippen LogP contribution in [0.15, 0.2) is 41.4 Å². The van der Waals surface area contributed by atoms with Crippen molar-refractivity contribution < 1.29 is 10.0 Å². The maximum absolute atomic E-state index is 10.8. The number of aliphatic imine (C=N–C) groups is 1. The molecule has 0 aliphatic rings. The minimum Gasteiger partial charge on any atom is -0.502 e. The molecule has 0 aliphatic carbocycles. The van der Waals surface area contributed by atoms with Gasteiger partial charge in [0, 0.05) is 22.9 Å². The lowest BCUT2D eigenvalue weighted by Gasteiger charge is -2.01. The fourth-order valence-corrected chi connectivity index (χ4v) is 1.84. The summed E-state index contributed by atoms with van der Waals surface area (Å²) >= 11 is 5.79. The average Bonchev–Trinajstić information content (AvgIpc) is 2.41. The Bertz CT molecular complexity index is 682. The van der Waals surface area contributed by atoms with Gasteiger partial charge in [-0.3, -0.25) is 15.1 Å². The van der Waals surface area contributed by atoms with E-state index in [0.29, 0.717) is 5.69 Å². The first-order valence-electron chi connectivity index (χ1n) is 5.75. The molecule has 0 spiro atoms. The van der Waals surface area contributed by atoms with E-state index in [1.165, 1.54) is 12.3 Å². The van der Waals surface area contributed by atoms with E-state index in [1.54, 1.807) is 0 Å². The van der Waals surface area contributed by atoms with Gasteiger partial charge in [-0.05, 0) is 25.1 Å². The van der Waals surface area contributed by atoms with Gasteiger partial charge in [0.05, 0.1) is 10.6 Å². The van der Waals surface area contributed by atoms with Gasteiger partial charge < -0.3 is 5.11 Å². The lowest BCUT2D eigenvalue weighted by Crippen LogP contribution is -1.92. The highest BCUT2D eigenvalue weighted by atomic mass is 35.5. The van der Waals surface area contributed by atoms with Gasteiger partial charge in [0.25, 0.3) is 0 Å². The fourth-order valence-electron chi connectivity index (χ4n) is 1.62. The smallest absolute Gasteiger partial charge is 0.312 e. The Morgan fingerprint density at radius 2 is 1.95 bits per heavy atom. The minimum absolute atomic E-state index is 0.167. The monoisotopic (exact) mass is 290 g/mol. The summed E-state index contributed by atoms with van der Waals surface area (Å²) in [5, 5.41) is 20.8. The van der Waals surface area contributed by atoms with Gasteiger partial charge in [0.15, 0.2) is 0 Å². The maximum atomic E-state index is 10.8. The van der Waals surface area contributed by atoms with Gasteiger partial charge in [-0.25, -0.2) is 0 Å². The van der Waals surface area contributed by atoms with Crippen LogP contribution < -0.4 is 0 Å². The molecule has 0 fully saturated rings. The molecular weight excluding hydrogens is 280 g/mol. The van der Waals surface area contributed by atoms with E-state index in [2.05, 4.69) is 4.99 Å². The van der Waals surface area contributed by atoms with E-state index in [0.717, 1.165) is 11.6 Å². The summed E-state index contributed by atoms with van der Waals surface area (Å²) < 4.78 is 0. The second-order valence-corrected chi connectivity index (χ2v) is 4.65. The summed E-state index contributed by atoms with van der Waals surface area (Å²) in [6, 6.07) is 9.92. The van der Waals surface area contributed by atoms with Crippen LogP contribution in [0.25, 0.3) is 0 Å². The van der Waals surface area contributed by atoms with Gasteiger partial charge in [-0.2, -0.15) is 0 Å². The first-order valence-corrected chi connectivity index (χ1v) is 6.13. The van der Waals surface area contributed by atoms with Gasteiger partial charge in [0.1, 0.15) is 0 Å². The van der Waals surface area contributed by atoms with Crippen molar-refractivity contribution in [3.63, 3.8) is 0 Å². The Balaban J connectivity index is 2.38. The van der Waals surface area contributed by atoms with E-state index < -0.39 is 16.4 Å². The summed E-state index contributed by atoms with van der Waals surface area (Å²) in [5.41, 5.74) is 1.54. The Morgan fingerprint density at radius 3 is 2.55 bits per heavy atom. The average molecular weight is 291 g/mol. The van der Waals surface area contributed by atoms with Gasteiger partial charge in [0.2, 0.25) is 5.75 Å². The maximum Gasteiger partial charge on any atom is 0.312 e. The number of phenols is 1. The lowest BCUT2D eigenvalue weighted by molar-refractivity contribution is -0.385. The third kappa shape index (κ3) is 3.13. The van der Waals surface area contributed by atoms with Crippen LogP contribution in [0.1, 0.15) is 11.1 Å². The number of nitro groups is 1. The van der Waals surface area contributed by atoms with Gasteiger partial charge in [-0.15, -0.1) is 0 Å². The SMILES string of the molecule is Cc1ccc(N=Cc2cc(Cl)cc([N+](=O)[O-])c2O)cc1. The molecule has 0 bridgehead atoms. The predicted octanol–water partition coefficient (Wildman–Crippen LogP) is 4.01. The van der Waals surface area contributed by atoms with Crippen LogP contribution in [0.4, 0.5) is 11.4 Å². The van der Waals surface area contributed by atoms with Crippen molar-refractivity contribution in [3.05, 3.63) is 62.7 Å². The number of hydrogen-bond donors (Lipinski definition) is 1. The molecule has 0 unspecified atom stereocenters. The lowest BCUT2D eigenvalue weighted by atomic mass is 10.2. The summed E-state index contributed by atoms with van der Waals surface area (Å²) in [5.74, 6) is -0.449. The summed E-state index contributed by atoms with van der Waals surface area (Å²) in [7, 11) is 0. The molecule has 2 rings (SSSR count). The van der Waals surface area contributed by atoms with Crippen LogP contribution in [0.3, 0.4) is 0 Å². The van der Waals surface area contributed by atoms with E-state index in [1.807, 2.05) is 31.2 Å². The normalized spacial score (nSPS) is 10.9. The van der Waals surface area contributed by atoms with Crippen LogP contribution in [-0.2, 0) is 0 Å². The number of hydrogen-bond acceptors (Lipinski definition) is 4. The summed E-state index contributed by atoms with van der Waals surface area (Å²) in [4.78, 5) is 14.2. The van der Waals surface area contributed by atoms with Gasteiger partial charge >= 0.3 is 5.69 Å². The zero-order chi connectivity index (χ0) is 14.7. The molecule has 0 amide bonds. The van der Waals surface area contributed by atoms with E-state index >= 15 is 0 Å². The highest BCUT2D eigenvalue weighted by molar-refractivity contribution is 6.31. The van der Waals surface area contributed by atoms with Crippen molar-refractivity contribution in [3.8, 4) is 5.75 Å². The molecule has 2 aromatic carbocycles. The van der Waals surface area contributed by atoms with Crippen molar-refractivity contribution in [1.29, 1.82) is 0 Å². The van der Waals surface area contributed by atoms with Gasteiger partial charge in [-0.1, -0.05) is 29.3 Å². The molecule has 0 aliphatic heterocycles. The molecule has 102 valence electrons. The Kier molecular flexibility index (Phi) is 4.00. The van der Waals surface area contributed by atoms with Crippen molar-refractivity contribution in [2.45, 2.75) is 6.92 Å². The zero-order valence-corrected chi connectivity index (χ0v) is 11.3. The first-order chi connectivity index (χ1) is 9.47. The van der Waals surface area contributed by atoms with Crippen LogP contribution in [0, 0.1) is 17.0 Å². The number of rotatable bonds is 3. The number of nitro benzene ring substituents is 1. The van der Waals surface area contributed by atoms with Crippen LogP contribution in [-0.4, -0.2) is 16.2 Å². The molecule has 0 aromatic heterocycles. The third-order valence-electron chi connectivity index (χ3n) is 2.67. The molecular formula is C14H11ClN2O3. The number of nitrogens with zero attached hydrogens (tertiary/aromatic N) is 2. The van der Waals surface area contributed by atoms with E-state index in [9.17, 15) is 15.2 Å². The second-order valence-electron chi connectivity index (χ2n) is 4.21. The molecule has 0 saturated carbocycles. The van der Waals surface area contributed by atoms with E-state index in [-0.39, 0.29) is 10.6 Å². The second kappa shape index (κ2) is 5.71. The Labute approximate surface area is 120 Å². The minimum atomic E-state index is -0.690.